The maximum Gasteiger partial charge on any atom is 0.262 e. The third-order valence-electron chi connectivity index (χ3n) is 2.61. The van der Waals surface area contributed by atoms with Gasteiger partial charge in [-0.1, -0.05) is 12.1 Å². The van der Waals surface area contributed by atoms with Crippen LogP contribution in [-0.4, -0.2) is 13.5 Å². The SMILES string of the molecule is Cc1cccc(O)c1NS(=O)(=O)c1ccc(F)cc1. The van der Waals surface area contributed by atoms with Gasteiger partial charge in [0, 0.05) is 0 Å². The number of phenols is 1. The number of sulfonamides is 1. The molecule has 0 fully saturated rings. The van der Waals surface area contributed by atoms with Crippen molar-refractivity contribution in [3.63, 3.8) is 0 Å². The predicted molar refractivity (Wildman–Crippen MR) is 70.1 cm³/mol. The topological polar surface area (TPSA) is 66.4 Å². The number of aromatic hydroxyl groups is 1. The Morgan fingerprint density at radius 1 is 1.11 bits per heavy atom. The monoisotopic (exact) mass is 281 g/mol. The highest BCUT2D eigenvalue weighted by molar-refractivity contribution is 7.92. The molecule has 2 N–H and O–H groups in total. The zero-order valence-corrected chi connectivity index (χ0v) is 10.9. The number of phenolic OH excluding ortho intramolecular Hbond substituents is 1. The Bertz CT molecular complexity index is 676. The molecule has 0 aliphatic heterocycles. The van der Waals surface area contributed by atoms with Crippen LogP contribution in [0.15, 0.2) is 47.4 Å². The standard InChI is InChI=1S/C13H12FNO3S/c1-9-3-2-4-12(16)13(9)15-19(17,18)11-7-5-10(14)6-8-11/h2-8,15-16H,1H3. The van der Waals surface area contributed by atoms with Gasteiger partial charge in [-0.25, -0.2) is 12.8 Å². The number of halogens is 1. The zero-order valence-electron chi connectivity index (χ0n) is 10.1. The summed E-state index contributed by atoms with van der Waals surface area (Å²) < 4.78 is 39.2. The van der Waals surface area contributed by atoms with Crippen LogP contribution in [0.4, 0.5) is 10.1 Å². The normalized spacial score (nSPS) is 11.3. The molecular weight excluding hydrogens is 269 g/mol. The van der Waals surface area contributed by atoms with Crippen molar-refractivity contribution in [3.05, 3.63) is 53.8 Å². The second kappa shape index (κ2) is 4.89. The molecule has 0 heterocycles. The largest absolute Gasteiger partial charge is 0.506 e. The molecule has 0 atom stereocenters. The molecule has 4 nitrogen and oxygen atoms in total. The van der Waals surface area contributed by atoms with Crippen molar-refractivity contribution in [2.45, 2.75) is 11.8 Å². The van der Waals surface area contributed by atoms with E-state index in [0.29, 0.717) is 5.56 Å². The molecule has 6 heteroatoms. The molecule has 0 radical (unpaired) electrons. The summed E-state index contributed by atoms with van der Waals surface area (Å²) in [6, 6.07) is 9.11. The lowest BCUT2D eigenvalue weighted by atomic mass is 10.2. The molecule has 0 unspecified atom stereocenters. The van der Waals surface area contributed by atoms with Crippen molar-refractivity contribution < 1.29 is 17.9 Å². The van der Waals surface area contributed by atoms with E-state index in [1.165, 1.54) is 6.07 Å². The van der Waals surface area contributed by atoms with Gasteiger partial charge >= 0.3 is 0 Å². The van der Waals surface area contributed by atoms with E-state index < -0.39 is 15.8 Å². The van der Waals surface area contributed by atoms with Crippen LogP contribution in [0.1, 0.15) is 5.56 Å². The van der Waals surface area contributed by atoms with E-state index in [9.17, 15) is 17.9 Å². The Kier molecular flexibility index (Phi) is 3.44. The highest BCUT2D eigenvalue weighted by Crippen LogP contribution is 2.28. The van der Waals surface area contributed by atoms with E-state index in [2.05, 4.69) is 4.72 Å². The summed E-state index contributed by atoms with van der Waals surface area (Å²) in [5, 5.41) is 9.66. The van der Waals surface area contributed by atoms with E-state index in [1.807, 2.05) is 0 Å². The van der Waals surface area contributed by atoms with Gasteiger partial charge in [-0.3, -0.25) is 4.72 Å². The van der Waals surface area contributed by atoms with Gasteiger partial charge in [-0.15, -0.1) is 0 Å². The van der Waals surface area contributed by atoms with Crippen molar-refractivity contribution in [2.75, 3.05) is 4.72 Å². The van der Waals surface area contributed by atoms with Gasteiger partial charge in [0.1, 0.15) is 11.6 Å². The third-order valence-corrected chi connectivity index (χ3v) is 3.98. The predicted octanol–water partition coefficient (Wildman–Crippen LogP) is 2.64. The molecule has 0 aliphatic rings. The van der Waals surface area contributed by atoms with Gasteiger partial charge in [0.2, 0.25) is 0 Å². The molecule has 100 valence electrons. The van der Waals surface area contributed by atoms with E-state index >= 15 is 0 Å². The summed E-state index contributed by atoms with van der Waals surface area (Å²) >= 11 is 0. The van der Waals surface area contributed by atoms with Crippen LogP contribution in [0.2, 0.25) is 0 Å². The molecule has 2 aromatic rings. The van der Waals surface area contributed by atoms with Crippen LogP contribution in [0.3, 0.4) is 0 Å². The van der Waals surface area contributed by atoms with Crippen LogP contribution in [-0.2, 0) is 10.0 Å². The molecule has 0 saturated heterocycles. The third kappa shape index (κ3) is 2.85. The molecule has 19 heavy (non-hydrogen) atoms. The number of aryl methyl sites for hydroxylation is 1. The number of hydrogen-bond donors (Lipinski definition) is 2. The number of benzene rings is 2. The summed E-state index contributed by atoms with van der Waals surface area (Å²) in [7, 11) is -3.85. The maximum atomic E-state index is 12.8. The lowest BCUT2D eigenvalue weighted by Crippen LogP contribution is -2.13. The summed E-state index contributed by atoms with van der Waals surface area (Å²) in [4.78, 5) is -0.0726. The van der Waals surface area contributed by atoms with Gasteiger partial charge in [0.05, 0.1) is 10.6 Å². The fourth-order valence-electron chi connectivity index (χ4n) is 1.59. The van der Waals surface area contributed by atoms with Gasteiger partial charge in [-0.2, -0.15) is 0 Å². The molecule has 0 saturated carbocycles. The van der Waals surface area contributed by atoms with E-state index in [4.69, 9.17) is 0 Å². The van der Waals surface area contributed by atoms with Crippen molar-refractivity contribution >= 4 is 15.7 Å². The lowest BCUT2D eigenvalue weighted by molar-refractivity contribution is 0.477. The Morgan fingerprint density at radius 2 is 1.74 bits per heavy atom. The van der Waals surface area contributed by atoms with Crippen LogP contribution < -0.4 is 4.72 Å². The quantitative estimate of drug-likeness (QED) is 0.850. The molecule has 2 rings (SSSR count). The Morgan fingerprint density at radius 3 is 2.32 bits per heavy atom. The highest BCUT2D eigenvalue weighted by Gasteiger charge is 2.17. The number of para-hydroxylation sites is 1. The minimum atomic E-state index is -3.85. The Hall–Kier alpha value is -2.08. The molecule has 0 aliphatic carbocycles. The number of hydrogen-bond acceptors (Lipinski definition) is 3. The first kappa shape index (κ1) is 13.4. The van der Waals surface area contributed by atoms with E-state index in [-0.39, 0.29) is 16.3 Å². The van der Waals surface area contributed by atoms with Crippen molar-refractivity contribution in [1.82, 2.24) is 0 Å². The molecular formula is C13H12FNO3S. The second-order valence-electron chi connectivity index (χ2n) is 4.03. The average Bonchev–Trinajstić information content (AvgIpc) is 2.35. The molecule has 0 aromatic heterocycles. The zero-order chi connectivity index (χ0) is 14.0. The smallest absolute Gasteiger partial charge is 0.262 e. The number of anilines is 1. The van der Waals surface area contributed by atoms with Crippen LogP contribution in [0, 0.1) is 12.7 Å². The summed E-state index contributed by atoms with van der Waals surface area (Å²) in [5.41, 5.74) is 0.706. The maximum absolute atomic E-state index is 12.8. The van der Waals surface area contributed by atoms with Crippen LogP contribution in [0.25, 0.3) is 0 Å². The van der Waals surface area contributed by atoms with Crippen molar-refractivity contribution in [2.24, 2.45) is 0 Å². The van der Waals surface area contributed by atoms with E-state index in [0.717, 1.165) is 24.3 Å². The Balaban J connectivity index is 2.39. The first-order valence-corrected chi connectivity index (χ1v) is 6.95. The van der Waals surface area contributed by atoms with E-state index in [1.54, 1.807) is 19.1 Å². The average molecular weight is 281 g/mol. The van der Waals surface area contributed by atoms with Gasteiger partial charge in [0.15, 0.2) is 0 Å². The summed E-state index contributed by atoms with van der Waals surface area (Å²) in [6.07, 6.45) is 0. The first-order chi connectivity index (χ1) is 8.90. The van der Waals surface area contributed by atoms with Gasteiger partial charge in [0.25, 0.3) is 10.0 Å². The van der Waals surface area contributed by atoms with Crippen LogP contribution in [0.5, 0.6) is 5.75 Å². The second-order valence-corrected chi connectivity index (χ2v) is 5.71. The van der Waals surface area contributed by atoms with Crippen molar-refractivity contribution in [3.8, 4) is 5.75 Å². The fraction of sp³-hybridized carbons (Fsp3) is 0.0769. The van der Waals surface area contributed by atoms with Gasteiger partial charge < -0.3 is 5.11 Å². The summed E-state index contributed by atoms with van der Waals surface area (Å²) in [6.45, 7) is 1.67. The molecule has 2 aromatic carbocycles. The van der Waals surface area contributed by atoms with Crippen molar-refractivity contribution in [1.29, 1.82) is 0 Å². The molecule has 0 bridgehead atoms. The summed E-state index contributed by atoms with van der Waals surface area (Å²) in [5.74, 6) is -0.677. The minimum absolute atomic E-state index is 0.0726. The molecule has 0 spiro atoms. The molecule has 0 amide bonds. The van der Waals surface area contributed by atoms with Crippen LogP contribution >= 0.6 is 0 Å². The fourth-order valence-corrected chi connectivity index (χ4v) is 2.74. The lowest BCUT2D eigenvalue weighted by Gasteiger charge is -2.11. The first-order valence-electron chi connectivity index (χ1n) is 5.47. The Labute approximate surface area is 110 Å². The number of rotatable bonds is 3. The van der Waals surface area contributed by atoms with Gasteiger partial charge in [-0.05, 0) is 42.8 Å². The number of nitrogens with one attached hydrogen (secondary N) is 1. The minimum Gasteiger partial charge on any atom is -0.506 e. The highest BCUT2D eigenvalue weighted by atomic mass is 32.2.